The van der Waals surface area contributed by atoms with E-state index in [2.05, 4.69) is 10.3 Å². The van der Waals surface area contributed by atoms with Gasteiger partial charge in [0.25, 0.3) is 5.91 Å². The number of carbonyl (C=O) groups excluding carboxylic acids is 2. The Balaban J connectivity index is 2.42. The number of carbonyl (C=O) groups is 2. The molecule has 0 aliphatic heterocycles. The molecule has 6 heteroatoms. The standard InChI is InChI=1S/C17H20FN3O2/c1-10(2)9-17(3,16(19)23)21-15(22)13-8-12(18)7-11-5-4-6-20-14(11)13/h4-8,10H,9H2,1-3H3,(H2,19,23)(H,21,22)/t17-/m1/s1. The molecule has 23 heavy (non-hydrogen) atoms. The number of benzene rings is 1. The highest BCUT2D eigenvalue weighted by atomic mass is 19.1. The second-order valence-corrected chi connectivity index (χ2v) is 6.28. The van der Waals surface area contributed by atoms with Crippen LogP contribution >= 0.6 is 0 Å². The van der Waals surface area contributed by atoms with Gasteiger partial charge in [-0.15, -0.1) is 0 Å². The van der Waals surface area contributed by atoms with Crippen LogP contribution in [0.5, 0.6) is 0 Å². The van der Waals surface area contributed by atoms with Gasteiger partial charge >= 0.3 is 0 Å². The lowest BCUT2D eigenvalue weighted by Crippen LogP contribution is -2.56. The highest BCUT2D eigenvalue weighted by Crippen LogP contribution is 2.21. The highest BCUT2D eigenvalue weighted by molar-refractivity contribution is 6.07. The summed E-state index contributed by atoms with van der Waals surface area (Å²) in [6.45, 7) is 5.42. The van der Waals surface area contributed by atoms with Crippen molar-refractivity contribution in [1.29, 1.82) is 0 Å². The maximum Gasteiger partial charge on any atom is 0.254 e. The summed E-state index contributed by atoms with van der Waals surface area (Å²) in [7, 11) is 0. The van der Waals surface area contributed by atoms with Crippen molar-refractivity contribution in [3.63, 3.8) is 0 Å². The van der Waals surface area contributed by atoms with Gasteiger partial charge in [0.15, 0.2) is 0 Å². The van der Waals surface area contributed by atoms with Gasteiger partial charge in [0.05, 0.1) is 11.1 Å². The number of fused-ring (bicyclic) bond motifs is 1. The molecule has 0 aliphatic rings. The van der Waals surface area contributed by atoms with E-state index < -0.39 is 23.2 Å². The summed E-state index contributed by atoms with van der Waals surface area (Å²) in [6.07, 6.45) is 1.91. The molecular weight excluding hydrogens is 297 g/mol. The van der Waals surface area contributed by atoms with E-state index >= 15 is 0 Å². The number of primary amides is 1. The van der Waals surface area contributed by atoms with Crippen LogP contribution < -0.4 is 11.1 Å². The number of hydrogen-bond acceptors (Lipinski definition) is 3. The second kappa shape index (κ2) is 6.32. The molecule has 0 saturated heterocycles. The van der Waals surface area contributed by atoms with Crippen molar-refractivity contribution < 1.29 is 14.0 Å². The Kier molecular flexibility index (Phi) is 4.63. The molecule has 1 aromatic carbocycles. The van der Waals surface area contributed by atoms with Gasteiger partial charge in [-0.3, -0.25) is 14.6 Å². The number of hydrogen-bond donors (Lipinski definition) is 2. The minimum atomic E-state index is -1.21. The van der Waals surface area contributed by atoms with Crippen LogP contribution in [-0.2, 0) is 4.79 Å². The molecule has 1 aromatic heterocycles. The van der Waals surface area contributed by atoms with Crippen molar-refractivity contribution in [2.24, 2.45) is 11.7 Å². The van der Waals surface area contributed by atoms with E-state index in [0.29, 0.717) is 17.3 Å². The van der Waals surface area contributed by atoms with Crippen molar-refractivity contribution in [3.05, 3.63) is 41.8 Å². The fourth-order valence-corrected chi connectivity index (χ4v) is 2.68. The van der Waals surface area contributed by atoms with Crippen molar-refractivity contribution >= 4 is 22.7 Å². The van der Waals surface area contributed by atoms with E-state index in [-0.39, 0.29) is 11.5 Å². The molecule has 1 atom stereocenters. The first-order valence-corrected chi connectivity index (χ1v) is 7.39. The number of nitrogens with two attached hydrogens (primary N) is 1. The van der Waals surface area contributed by atoms with E-state index in [4.69, 9.17) is 5.73 Å². The first kappa shape index (κ1) is 16.9. The Morgan fingerprint density at radius 1 is 1.39 bits per heavy atom. The van der Waals surface area contributed by atoms with Crippen LogP contribution in [0, 0.1) is 11.7 Å². The highest BCUT2D eigenvalue weighted by Gasteiger charge is 2.34. The molecule has 1 heterocycles. The fourth-order valence-electron chi connectivity index (χ4n) is 2.68. The van der Waals surface area contributed by atoms with Gasteiger partial charge in [-0.25, -0.2) is 4.39 Å². The lowest BCUT2D eigenvalue weighted by molar-refractivity contribution is -0.124. The normalized spacial score (nSPS) is 13.8. The topological polar surface area (TPSA) is 85.1 Å². The molecule has 2 aromatic rings. The van der Waals surface area contributed by atoms with Crippen LogP contribution in [0.15, 0.2) is 30.5 Å². The number of nitrogens with zero attached hydrogens (tertiary/aromatic N) is 1. The summed E-state index contributed by atoms with van der Waals surface area (Å²) >= 11 is 0. The summed E-state index contributed by atoms with van der Waals surface area (Å²) < 4.78 is 13.8. The van der Waals surface area contributed by atoms with Crippen molar-refractivity contribution in [2.45, 2.75) is 32.7 Å². The molecule has 0 saturated carbocycles. The molecule has 0 bridgehead atoms. The first-order chi connectivity index (χ1) is 10.7. The Labute approximate surface area is 134 Å². The lowest BCUT2D eigenvalue weighted by Gasteiger charge is -2.29. The average molecular weight is 317 g/mol. The molecule has 0 aliphatic carbocycles. The van der Waals surface area contributed by atoms with Crippen molar-refractivity contribution in [3.8, 4) is 0 Å². The third-order valence-corrected chi connectivity index (χ3v) is 3.66. The molecule has 2 rings (SSSR count). The van der Waals surface area contributed by atoms with Crippen LogP contribution in [-0.4, -0.2) is 22.3 Å². The predicted octanol–water partition coefficient (Wildman–Crippen LogP) is 2.39. The van der Waals surface area contributed by atoms with Gasteiger partial charge in [-0.2, -0.15) is 0 Å². The third-order valence-electron chi connectivity index (χ3n) is 3.66. The number of nitrogens with one attached hydrogen (secondary N) is 1. The Bertz CT molecular complexity index is 761. The Morgan fingerprint density at radius 3 is 2.70 bits per heavy atom. The summed E-state index contributed by atoms with van der Waals surface area (Å²) in [5.74, 6) is -1.60. The van der Waals surface area contributed by atoms with E-state index in [9.17, 15) is 14.0 Å². The van der Waals surface area contributed by atoms with Gasteiger partial charge in [0.2, 0.25) is 5.91 Å². The monoisotopic (exact) mass is 317 g/mol. The van der Waals surface area contributed by atoms with Crippen LogP contribution in [0.25, 0.3) is 10.9 Å². The summed E-state index contributed by atoms with van der Waals surface area (Å²) in [6, 6.07) is 5.75. The van der Waals surface area contributed by atoms with E-state index in [0.717, 1.165) is 6.07 Å². The number of aromatic nitrogens is 1. The predicted molar refractivity (Wildman–Crippen MR) is 86.2 cm³/mol. The lowest BCUT2D eigenvalue weighted by atomic mass is 9.89. The fraction of sp³-hybridized carbons (Fsp3) is 0.353. The van der Waals surface area contributed by atoms with E-state index in [1.807, 2.05) is 13.8 Å². The maximum atomic E-state index is 13.8. The van der Waals surface area contributed by atoms with Gasteiger partial charge in [-0.05, 0) is 37.5 Å². The molecule has 122 valence electrons. The average Bonchev–Trinajstić information content (AvgIpc) is 2.45. The molecule has 5 nitrogen and oxygen atoms in total. The smallest absolute Gasteiger partial charge is 0.254 e. The molecule has 2 amide bonds. The Morgan fingerprint density at radius 2 is 2.09 bits per heavy atom. The van der Waals surface area contributed by atoms with Crippen LogP contribution in [0.1, 0.15) is 37.6 Å². The van der Waals surface area contributed by atoms with Gasteiger partial charge in [0, 0.05) is 11.6 Å². The van der Waals surface area contributed by atoms with E-state index in [1.54, 1.807) is 19.1 Å². The second-order valence-electron chi connectivity index (χ2n) is 6.28. The van der Waals surface area contributed by atoms with Crippen molar-refractivity contribution in [1.82, 2.24) is 10.3 Å². The largest absolute Gasteiger partial charge is 0.368 e. The molecule has 0 unspecified atom stereocenters. The van der Waals surface area contributed by atoms with Crippen LogP contribution in [0.4, 0.5) is 4.39 Å². The summed E-state index contributed by atoms with van der Waals surface area (Å²) in [5.41, 5.74) is 4.69. The van der Waals surface area contributed by atoms with E-state index in [1.165, 1.54) is 12.3 Å². The minimum Gasteiger partial charge on any atom is -0.368 e. The Hall–Kier alpha value is -2.50. The van der Waals surface area contributed by atoms with Gasteiger partial charge in [-0.1, -0.05) is 19.9 Å². The molecule has 3 N–H and O–H groups in total. The number of amides is 2. The molecule has 0 spiro atoms. The zero-order valence-corrected chi connectivity index (χ0v) is 13.4. The zero-order chi connectivity index (χ0) is 17.2. The van der Waals surface area contributed by atoms with Crippen LogP contribution in [0.2, 0.25) is 0 Å². The maximum absolute atomic E-state index is 13.8. The zero-order valence-electron chi connectivity index (χ0n) is 13.4. The van der Waals surface area contributed by atoms with Crippen molar-refractivity contribution in [2.75, 3.05) is 0 Å². The molecule has 0 radical (unpaired) electrons. The quantitative estimate of drug-likeness (QED) is 0.888. The number of pyridine rings is 1. The van der Waals surface area contributed by atoms with Gasteiger partial charge in [0.1, 0.15) is 11.4 Å². The van der Waals surface area contributed by atoms with Gasteiger partial charge < -0.3 is 11.1 Å². The summed E-state index contributed by atoms with van der Waals surface area (Å²) in [5, 5.41) is 3.16. The minimum absolute atomic E-state index is 0.0804. The molecular formula is C17H20FN3O2. The third kappa shape index (κ3) is 3.64. The number of halogens is 1. The summed E-state index contributed by atoms with van der Waals surface area (Å²) in [4.78, 5) is 28.5. The molecule has 0 fully saturated rings. The van der Waals surface area contributed by atoms with Crippen LogP contribution in [0.3, 0.4) is 0 Å². The number of rotatable bonds is 5. The SMILES string of the molecule is CC(C)C[C@@](C)(NC(=O)c1cc(F)cc2cccnc12)C(N)=O. The first-order valence-electron chi connectivity index (χ1n) is 7.39.